The smallest absolute Gasteiger partial charge is 0.550 e. The van der Waals surface area contributed by atoms with Crippen LogP contribution in [0.15, 0.2) is 12.2 Å². The molecule has 0 rings (SSSR count). The number of carbonyl (C=O) groups is 2. The van der Waals surface area contributed by atoms with Gasteiger partial charge in [0.2, 0.25) is 0 Å². The number of allylic oxidation sites excluding steroid dienone is 2. The van der Waals surface area contributed by atoms with E-state index in [9.17, 15) is 14.7 Å². The quantitative estimate of drug-likeness (QED) is 0.0574. The van der Waals surface area contributed by atoms with Crippen LogP contribution in [0.5, 0.6) is 0 Å². The fraction of sp³-hybridized carbons (Fsp3) is 0.882. The van der Waals surface area contributed by atoms with Gasteiger partial charge in [-0.15, -0.1) is 0 Å². The average molecular weight is 577 g/mol. The van der Waals surface area contributed by atoms with Crippen LogP contribution in [0.2, 0.25) is 0 Å². The van der Waals surface area contributed by atoms with Crippen LogP contribution in [0.4, 0.5) is 0 Å². The number of hydrogen-bond donors (Lipinski definition) is 1. The third-order valence-corrected chi connectivity index (χ3v) is 7.14. The zero-order valence-electron chi connectivity index (χ0n) is 26.6. The van der Waals surface area contributed by atoms with Crippen LogP contribution in [0.1, 0.15) is 194 Å². The van der Waals surface area contributed by atoms with Gasteiger partial charge in [0.1, 0.15) is 0 Å². The van der Waals surface area contributed by atoms with E-state index in [0.29, 0.717) is 6.42 Å². The zero-order chi connectivity index (χ0) is 28.4. The van der Waals surface area contributed by atoms with Crippen molar-refractivity contribution in [3.05, 3.63) is 12.2 Å². The molecular formula is C34H65KO4. The number of carboxylic acids is 2. The predicted molar refractivity (Wildman–Crippen MR) is 162 cm³/mol. The number of carboxylic acid groups (broad SMARTS) is 2. The topological polar surface area (TPSA) is 77.4 Å². The molecule has 5 heteroatoms. The Morgan fingerprint density at radius 3 is 1.08 bits per heavy atom. The summed E-state index contributed by atoms with van der Waals surface area (Å²) in [6, 6.07) is 0. The summed E-state index contributed by atoms with van der Waals surface area (Å²) in [5, 5.41) is 18.7. The van der Waals surface area contributed by atoms with Gasteiger partial charge in [-0.25, -0.2) is 0 Å². The molecule has 0 aliphatic rings. The Labute approximate surface area is 286 Å². The molecule has 0 spiro atoms. The van der Waals surface area contributed by atoms with Crippen LogP contribution >= 0.6 is 0 Å². The van der Waals surface area contributed by atoms with Crippen molar-refractivity contribution in [1.29, 1.82) is 0 Å². The molecule has 0 saturated heterocycles. The Hall–Kier alpha value is 0.316. The molecule has 0 atom stereocenters. The van der Waals surface area contributed by atoms with Crippen molar-refractivity contribution in [3.63, 3.8) is 0 Å². The molecule has 0 aliphatic carbocycles. The van der Waals surface area contributed by atoms with Crippen molar-refractivity contribution < 1.29 is 71.2 Å². The maximum Gasteiger partial charge on any atom is 1.00 e. The van der Waals surface area contributed by atoms with Gasteiger partial charge in [-0.1, -0.05) is 154 Å². The SMILES string of the molecule is CCCCCCCCC=CCCCCCCCC(=O)[O-].CCCCCCCCCCCCCCCC(=O)O.[K+]. The first-order chi connectivity index (χ1) is 18.5. The minimum absolute atomic E-state index is 0. The Morgan fingerprint density at radius 1 is 0.487 bits per heavy atom. The second-order valence-electron chi connectivity index (χ2n) is 11.1. The van der Waals surface area contributed by atoms with Crippen LogP contribution < -0.4 is 56.5 Å². The number of rotatable bonds is 29. The van der Waals surface area contributed by atoms with Gasteiger partial charge < -0.3 is 15.0 Å². The Balaban J connectivity index is -0.000000651. The second-order valence-corrected chi connectivity index (χ2v) is 11.1. The molecule has 0 aromatic rings. The van der Waals surface area contributed by atoms with Gasteiger partial charge in [0.25, 0.3) is 0 Å². The van der Waals surface area contributed by atoms with E-state index >= 15 is 0 Å². The summed E-state index contributed by atoms with van der Waals surface area (Å²) in [7, 11) is 0. The first kappa shape index (κ1) is 43.8. The van der Waals surface area contributed by atoms with E-state index in [4.69, 9.17) is 5.11 Å². The standard InChI is InChI=1S/C18H34O2.C16H32O2.K/c1-2-3-4-5-6-7-8-9-10-11-12-13-14-15-16-17-18(19)20;1-2-3-4-5-6-7-8-9-10-11-12-13-14-15-16(17)18;/h9-10H,2-8,11-17H2,1H3,(H,19,20);2-15H2,1H3,(H,17,18);/q;;+1/p-1. The molecule has 0 aromatic carbocycles. The van der Waals surface area contributed by atoms with Gasteiger partial charge in [-0.05, 0) is 44.9 Å². The largest absolute Gasteiger partial charge is 1.00 e. The number of hydrogen-bond acceptors (Lipinski definition) is 3. The van der Waals surface area contributed by atoms with Crippen molar-refractivity contribution in [1.82, 2.24) is 0 Å². The molecule has 0 amide bonds. The molecule has 39 heavy (non-hydrogen) atoms. The van der Waals surface area contributed by atoms with Gasteiger partial charge in [-0.3, -0.25) is 4.79 Å². The van der Waals surface area contributed by atoms with E-state index in [1.54, 1.807) is 0 Å². The van der Waals surface area contributed by atoms with Gasteiger partial charge in [-0.2, -0.15) is 0 Å². The second kappa shape index (κ2) is 40.5. The molecule has 0 fully saturated rings. The maximum atomic E-state index is 10.3. The summed E-state index contributed by atoms with van der Waals surface area (Å²) >= 11 is 0. The third-order valence-electron chi connectivity index (χ3n) is 7.14. The maximum absolute atomic E-state index is 10.3. The number of unbranched alkanes of at least 4 members (excludes halogenated alkanes) is 23. The summed E-state index contributed by atoms with van der Waals surface area (Å²) in [6.07, 6.45) is 38.2. The Bertz CT molecular complexity index is 507. The molecule has 0 radical (unpaired) electrons. The molecule has 0 saturated carbocycles. The van der Waals surface area contributed by atoms with E-state index < -0.39 is 11.9 Å². The van der Waals surface area contributed by atoms with Crippen LogP contribution in [-0.4, -0.2) is 17.0 Å². The molecule has 226 valence electrons. The number of carbonyl (C=O) groups excluding carboxylic acids is 1. The monoisotopic (exact) mass is 576 g/mol. The summed E-state index contributed by atoms with van der Waals surface area (Å²) in [5.41, 5.74) is 0. The molecule has 0 aliphatic heterocycles. The molecule has 0 heterocycles. The molecule has 4 nitrogen and oxygen atoms in total. The number of aliphatic carboxylic acids is 2. The Kier molecular flexibility index (Phi) is 45.4. The zero-order valence-corrected chi connectivity index (χ0v) is 29.7. The van der Waals surface area contributed by atoms with Crippen molar-refractivity contribution in [2.45, 2.75) is 194 Å². The molecule has 0 unspecified atom stereocenters. The summed E-state index contributed by atoms with van der Waals surface area (Å²) in [4.78, 5) is 20.5. The summed E-state index contributed by atoms with van der Waals surface area (Å²) in [5.74, 6) is -1.57. The first-order valence-electron chi connectivity index (χ1n) is 16.6. The van der Waals surface area contributed by atoms with E-state index in [0.717, 1.165) is 32.1 Å². The molecular weight excluding hydrogens is 511 g/mol. The van der Waals surface area contributed by atoms with E-state index in [1.165, 1.54) is 135 Å². The van der Waals surface area contributed by atoms with Crippen LogP contribution in [0.25, 0.3) is 0 Å². The van der Waals surface area contributed by atoms with Gasteiger partial charge in [0, 0.05) is 12.4 Å². The minimum Gasteiger partial charge on any atom is -0.550 e. The summed E-state index contributed by atoms with van der Waals surface area (Å²) in [6.45, 7) is 4.52. The Morgan fingerprint density at radius 2 is 0.769 bits per heavy atom. The van der Waals surface area contributed by atoms with Gasteiger partial charge >= 0.3 is 57.4 Å². The van der Waals surface area contributed by atoms with Crippen LogP contribution in [-0.2, 0) is 9.59 Å². The van der Waals surface area contributed by atoms with E-state index in [-0.39, 0.29) is 57.8 Å². The minimum atomic E-state index is -0.914. The average Bonchev–Trinajstić information content (AvgIpc) is 2.89. The molecule has 1 N–H and O–H groups in total. The molecule has 0 aromatic heterocycles. The van der Waals surface area contributed by atoms with E-state index in [1.807, 2.05) is 0 Å². The van der Waals surface area contributed by atoms with Crippen LogP contribution in [0.3, 0.4) is 0 Å². The first-order valence-corrected chi connectivity index (χ1v) is 16.6. The predicted octanol–water partition coefficient (Wildman–Crippen LogP) is 7.33. The van der Waals surface area contributed by atoms with E-state index in [2.05, 4.69) is 26.0 Å². The van der Waals surface area contributed by atoms with Crippen molar-refractivity contribution >= 4 is 11.9 Å². The summed E-state index contributed by atoms with van der Waals surface area (Å²) < 4.78 is 0. The van der Waals surface area contributed by atoms with Gasteiger partial charge in [0.05, 0.1) is 0 Å². The van der Waals surface area contributed by atoms with Crippen molar-refractivity contribution in [2.75, 3.05) is 0 Å². The molecule has 0 bridgehead atoms. The van der Waals surface area contributed by atoms with Crippen LogP contribution in [0, 0.1) is 0 Å². The van der Waals surface area contributed by atoms with Gasteiger partial charge in [0.15, 0.2) is 0 Å². The fourth-order valence-electron chi connectivity index (χ4n) is 4.63. The van der Waals surface area contributed by atoms with Crippen molar-refractivity contribution in [3.8, 4) is 0 Å². The normalized spacial score (nSPS) is 10.7. The van der Waals surface area contributed by atoms with Crippen molar-refractivity contribution in [2.24, 2.45) is 0 Å². The third kappa shape index (κ3) is 48.4. The fourth-order valence-corrected chi connectivity index (χ4v) is 4.63.